The minimum atomic E-state index is -0.0587. The van der Waals surface area contributed by atoms with Gasteiger partial charge in [0.05, 0.1) is 6.61 Å². The van der Waals surface area contributed by atoms with Crippen LogP contribution < -0.4 is 0 Å². The van der Waals surface area contributed by atoms with Crippen molar-refractivity contribution in [2.75, 3.05) is 0 Å². The van der Waals surface area contributed by atoms with Gasteiger partial charge >= 0.3 is 0 Å². The van der Waals surface area contributed by atoms with Crippen LogP contribution in [0.25, 0.3) is 6.08 Å². The van der Waals surface area contributed by atoms with Gasteiger partial charge in [-0.3, -0.25) is 0 Å². The van der Waals surface area contributed by atoms with Gasteiger partial charge in [-0.15, -0.1) is 0 Å². The van der Waals surface area contributed by atoms with Crippen LogP contribution in [0.1, 0.15) is 22.8 Å². The second-order valence-electron chi connectivity index (χ2n) is 5.40. The Morgan fingerprint density at radius 1 is 0.696 bits per heavy atom. The first-order valence-corrected chi connectivity index (χ1v) is 7.85. The summed E-state index contributed by atoms with van der Waals surface area (Å²) in [5, 5.41) is 0. The molecule has 0 amide bonds. The Morgan fingerprint density at radius 3 is 1.91 bits per heavy atom. The molecule has 3 rings (SSSR count). The zero-order chi connectivity index (χ0) is 15.7. The molecule has 0 saturated carbocycles. The Morgan fingerprint density at radius 2 is 1.26 bits per heavy atom. The van der Waals surface area contributed by atoms with E-state index < -0.39 is 0 Å². The molecule has 0 spiro atoms. The first kappa shape index (κ1) is 15.3. The minimum absolute atomic E-state index is 0.0587. The molecule has 1 heteroatoms. The highest BCUT2D eigenvalue weighted by molar-refractivity contribution is 5.50. The van der Waals surface area contributed by atoms with E-state index in [-0.39, 0.29) is 6.10 Å². The molecule has 0 aliphatic rings. The van der Waals surface area contributed by atoms with Gasteiger partial charge in [0.2, 0.25) is 0 Å². The van der Waals surface area contributed by atoms with E-state index in [1.54, 1.807) is 0 Å². The molecule has 3 aromatic carbocycles. The van der Waals surface area contributed by atoms with Gasteiger partial charge < -0.3 is 4.74 Å². The average Bonchev–Trinajstić information content (AvgIpc) is 2.64. The van der Waals surface area contributed by atoms with Crippen molar-refractivity contribution < 1.29 is 4.74 Å². The quantitative estimate of drug-likeness (QED) is 0.571. The van der Waals surface area contributed by atoms with E-state index in [4.69, 9.17) is 4.74 Å². The van der Waals surface area contributed by atoms with Crippen molar-refractivity contribution in [2.45, 2.75) is 12.7 Å². The summed E-state index contributed by atoms with van der Waals surface area (Å²) < 4.78 is 6.15. The van der Waals surface area contributed by atoms with Crippen molar-refractivity contribution in [2.24, 2.45) is 0 Å². The Hall–Kier alpha value is -2.64. The first-order chi connectivity index (χ1) is 11.4. The van der Waals surface area contributed by atoms with Gasteiger partial charge in [0.1, 0.15) is 6.10 Å². The average molecular weight is 300 g/mol. The summed E-state index contributed by atoms with van der Waals surface area (Å²) in [6.07, 6.45) is 4.17. The topological polar surface area (TPSA) is 9.23 Å². The van der Waals surface area contributed by atoms with E-state index in [0.29, 0.717) is 6.61 Å². The molecule has 0 heterocycles. The summed E-state index contributed by atoms with van der Waals surface area (Å²) in [6, 6.07) is 30.9. The standard InChI is InChI=1S/C22H20O/c1-4-10-19(11-5-1)16-17-22(21-14-8-3-9-15-21)23-18-20-12-6-2-7-13-20/h1-17,22H,18H2/b17-16+/t22-/m0/s1. The van der Waals surface area contributed by atoms with E-state index >= 15 is 0 Å². The third-order valence-electron chi connectivity index (χ3n) is 3.66. The maximum absolute atomic E-state index is 6.15. The summed E-state index contributed by atoms with van der Waals surface area (Å²) in [6.45, 7) is 0.597. The van der Waals surface area contributed by atoms with Gasteiger partial charge in [0, 0.05) is 0 Å². The van der Waals surface area contributed by atoms with Crippen LogP contribution in [-0.2, 0) is 11.3 Å². The molecule has 0 aromatic heterocycles. The van der Waals surface area contributed by atoms with E-state index in [1.165, 1.54) is 11.1 Å². The van der Waals surface area contributed by atoms with Gasteiger partial charge in [0.25, 0.3) is 0 Å². The maximum Gasteiger partial charge on any atom is 0.101 e. The molecule has 0 fully saturated rings. The third-order valence-corrected chi connectivity index (χ3v) is 3.66. The Kier molecular flexibility index (Phi) is 5.38. The van der Waals surface area contributed by atoms with E-state index in [1.807, 2.05) is 54.6 Å². The highest BCUT2D eigenvalue weighted by atomic mass is 16.5. The van der Waals surface area contributed by atoms with Gasteiger partial charge in [-0.2, -0.15) is 0 Å². The number of hydrogen-bond acceptors (Lipinski definition) is 1. The van der Waals surface area contributed by atoms with Crippen molar-refractivity contribution >= 4 is 6.08 Å². The van der Waals surface area contributed by atoms with Crippen LogP contribution in [0.2, 0.25) is 0 Å². The summed E-state index contributed by atoms with van der Waals surface area (Å²) in [7, 11) is 0. The minimum Gasteiger partial charge on any atom is -0.365 e. The van der Waals surface area contributed by atoms with Gasteiger partial charge in [-0.05, 0) is 16.7 Å². The van der Waals surface area contributed by atoms with Gasteiger partial charge in [-0.1, -0.05) is 103 Å². The first-order valence-electron chi connectivity index (χ1n) is 7.85. The van der Waals surface area contributed by atoms with Crippen LogP contribution in [0.4, 0.5) is 0 Å². The molecule has 114 valence electrons. The van der Waals surface area contributed by atoms with Crippen LogP contribution in [0.3, 0.4) is 0 Å². The van der Waals surface area contributed by atoms with Crippen LogP contribution in [0.5, 0.6) is 0 Å². The predicted octanol–water partition coefficient (Wildman–Crippen LogP) is 5.66. The van der Waals surface area contributed by atoms with E-state index in [2.05, 4.69) is 48.6 Å². The number of benzene rings is 3. The SMILES string of the molecule is C(=C\[C@H](OCc1ccccc1)c1ccccc1)/c1ccccc1. The summed E-state index contributed by atoms with van der Waals surface area (Å²) >= 11 is 0. The van der Waals surface area contributed by atoms with Crippen LogP contribution in [0, 0.1) is 0 Å². The fourth-order valence-corrected chi connectivity index (χ4v) is 2.43. The molecule has 0 bridgehead atoms. The van der Waals surface area contributed by atoms with Crippen molar-refractivity contribution in [3.05, 3.63) is 114 Å². The molecule has 3 aromatic rings. The Labute approximate surface area is 137 Å². The Balaban J connectivity index is 1.75. The van der Waals surface area contributed by atoms with Crippen LogP contribution in [-0.4, -0.2) is 0 Å². The highest BCUT2D eigenvalue weighted by Crippen LogP contribution is 2.21. The monoisotopic (exact) mass is 300 g/mol. The lowest BCUT2D eigenvalue weighted by Gasteiger charge is -2.15. The predicted molar refractivity (Wildman–Crippen MR) is 95.9 cm³/mol. The molecule has 0 aliphatic heterocycles. The normalized spacial score (nSPS) is 12.3. The fourth-order valence-electron chi connectivity index (χ4n) is 2.43. The number of rotatable bonds is 6. The van der Waals surface area contributed by atoms with E-state index in [9.17, 15) is 0 Å². The zero-order valence-corrected chi connectivity index (χ0v) is 13.0. The molecule has 0 aliphatic carbocycles. The van der Waals surface area contributed by atoms with Crippen LogP contribution >= 0.6 is 0 Å². The Bertz CT molecular complexity index is 718. The summed E-state index contributed by atoms with van der Waals surface area (Å²) in [5.74, 6) is 0. The molecular formula is C22H20O. The second-order valence-corrected chi connectivity index (χ2v) is 5.40. The van der Waals surface area contributed by atoms with E-state index in [0.717, 1.165) is 5.56 Å². The third kappa shape index (κ3) is 4.67. The number of ether oxygens (including phenoxy) is 1. The second kappa shape index (κ2) is 8.11. The van der Waals surface area contributed by atoms with Crippen molar-refractivity contribution in [1.82, 2.24) is 0 Å². The lowest BCUT2D eigenvalue weighted by atomic mass is 10.1. The van der Waals surface area contributed by atoms with Gasteiger partial charge in [0.15, 0.2) is 0 Å². The zero-order valence-electron chi connectivity index (χ0n) is 13.0. The molecular weight excluding hydrogens is 280 g/mol. The highest BCUT2D eigenvalue weighted by Gasteiger charge is 2.08. The number of hydrogen-bond donors (Lipinski definition) is 0. The summed E-state index contributed by atoms with van der Waals surface area (Å²) in [5.41, 5.74) is 3.52. The maximum atomic E-state index is 6.15. The van der Waals surface area contributed by atoms with Crippen LogP contribution in [0.15, 0.2) is 97.1 Å². The van der Waals surface area contributed by atoms with Crippen molar-refractivity contribution in [3.8, 4) is 0 Å². The van der Waals surface area contributed by atoms with Crippen molar-refractivity contribution in [1.29, 1.82) is 0 Å². The smallest absolute Gasteiger partial charge is 0.101 e. The lowest BCUT2D eigenvalue weighted by molar-refractivity contribution is 0.0723. The summed E-state index contributed by atoms with van der Waals surface area (Å²) in [4.78, 5) is 0. The van der Waals surface area contributed by atoms with Crippen molar-refractivity contribution in [3.63, 3.8) is 0 Å². The molecule has 0 unspecified atom stereocenters. The molecule has 0 saturated heterocycles. The molecule has 0 N–H and O–H groups in total. The lowest BCUT2D eigenvalue weighted by Crippen LogP contribution is -2.01. The molecule has 1 nitrogen and oxygen atoms in total. The van der Waals surface area contributed by atoms with Gasteiger partial charge in [-0.25, -0.2) is 0 Å². The molecule has 1 atom stereocenters. The molecule has 0 radical (unpaired) electrons. The molecule has 23 heavy (non-hydrogen) atoms. The largest absolute Gasteiger partial charge is 0.365 e. The fraction of sp³-hybridized carbons (Fsp3) is 0.0909.